The Labute approximate surface area is 123 Å². The third-order valence-electron chi connectivity index (χ3n) is 4.15. The average Bonchev–Trinajstić information content (AvgIpc) is 2.40. The molecule has 0 amide bonds. The molecule has 1 atom stereocenters. The summed E-state index contributed by atoms with van der Waals surface area (Å²) in [6.07, 6.45) is 1.16. The lowest BCUT2D eigenvalue weighted by Gasteiger charge is -2.32. The molecule has 0 heterocycles. The molecule has 1 unspecified atom stereocenters. The highest BCUT2D eigenvalue weighted by molar-refractivity contribution is 7.92. The summed E-state index contributed by atoms with van der Waals surface area (Å²) in [5, 5.41) is 9.83. The molecule has 0 aliphatic heterocycles. The zero-order valence-electron chi connectivity index (χ0n) is 12.9. The molecule has 0 aliphatic rings. The van der Waals surface area contributed by atoms with E-state index in [4.69, 9.17) is 0 Å². The number of hydrogen-bond acceptors (Lipinski definition) is 3. The van der Waals surface area contributed by atoms with Gasteiger partial charge in [-0.15, -0.1) is 0 Å². The van der Waals surface area contributed by atoms with Crippen LogP contribution in [0.15, 0.2) is 30.3 Å². The van der Waals surface area contributed by atoms with E-state index in [1.165, 1.54) is 0 Å². The zero-order chi connectivity index (χ0) is 15.4. The predicted octanol–water partition coefficient (Wildman–Crippen LogP) is 2.93. The Balaban J connectivity index is 3.01. The second kappa shape index (κ2) is 6.27. The van der Waals surface area contributed by atoms with Gasteiger partial charge in [0.25, 0.3) is 0 Å². The highest BCUT2D eigenvalue weighted by atomic mass is 32.2. The molecule has 0 aromatic heterocycles. The lowest BCUT2D eigenvalue weighted by Crippen LogP contribution is -2.37. The molecule has 0 aliphatic carbocycles. The Hall–Kier alpha value is -0.870. The van der Waals surface area contributed by atoms with E-state index in [0.29, 0.717) is 12.8 Å². The van der Waals surface area contributed by atoms with Crippen LogP contribution in [0, 0.1) is 0 Å². The molecule has 0 saturated carbocycles. The largest absolute Gasteiger partial charge is 0.395 e. The first-order valence-corrected chi connectivity index (χ1v) is 8.72. The smallest absolute Gasteiger partial charge is 0.155 e. The maximum absolute atomic E-state index is 12.3. The van der Waals surface area contributed by atoms with E-state index in [0.717, 1.165) is 5.56 Å². The van der Waals surface area contributed by atoms with Crippen LogP contribution < -0.4 is 0 Å². The number of rotatable bonds is 6. The van der Waals surface area contributed by atoms with Crippen LogP contribution in [0.25, 0.3) is 0 Å². The van der Waals surface area contributed by atoms with Gasteiger partial charge in [-0.2, -0.15) is 0 Å². The van der Waals surface area contributed by atoms with Crippen LogP contribution in [-0.2, 0) is 15.3 Å². The maximum Gasteiger partial charge on any atom is 0.155 e. The predicted molar refractivity (Wildman–Crippen MR) is 83.7 cm³/mol. The molecule has 0 spiro atoms. The van der Waals surface area contributed by atoms with E-state index < -0.39 is 20.0 Å². The molecular formula is C16H26O3S. The summed E-state index contributed by atoms with van der Waals surface area (Å²) in [4.78, 5) is 0. The quantitative estimate of drug-likeness (QED) is 0.878. The standard InChI is InChI=1S/C16H26O3S/c1-5-16(13-17,14-9-7-6-8-10-14)11-12-20(18,19)15(2,3)4/h6-10,17H,5,11-13H2,1-4H3. The molecule has 0 bridgehead atoms. The van der Waals surface area contributed by atoms with Crippen LogP contribution in [0.4, 0.5) is 0 Å². The van der Waals surface area contributed by atoms with E-state index in [1.54, 1.807) is 20.8 Å². The summed E-state index contributed by atoms with van der Waals surface area (Å²) < 4.78 is 23.8. The summed E-state index contributed by atoms with van der Waals surface area (Å²) >= 11 is 0. The minimum Gasteiger partial charge on any atom is -0.395 e. The number of hydrogen-bond donors (Lipinski definition) is 1. The topological polar surface area (TPSA) is 54.4 Å². The summed E-state index contributed by atoms with van der Waals surface area (Å²) in [5.74, 6) is 0.0970. The number of benzene rings is 1. The van der Waals surface area contributed by atoms with E-state index in [2.05, 4.69) is 0 Å². The van der Waals surface area contributed by atoms with Gasteiger partial charge in [-0.1, -0.05) is 37.3 Å². The molecule has 1 aromatic rings. The Morgan fingerprint density at radius 1 is 1.10 bits per heavy atom. The van der Waals surface area contributed by atoms with Crippen LogP contribution in [0.2, 0.25) is 0 Å². The maximum atomic E-state index is 12.3. The van der Waals surface area contributed by atoms with Gasteiger partial charge in [-0.05, 0) is 39.2 Å². The fraction of sp³-hybridized carbons (Fsp3) is 0.625. The van der Waals surface area contributed by atoms with E-state index in [1.807, 2.05) is 37.3 Å². The monoisotopic (exact) mass is 298 g/mol. The molecule has 114 valence electrons. The highest BCUT2D eigenvalue weighted by Crippen LogP contribution is 2.33. The van der Waals surface area contributed by atoms with Gasteiger partial charge in [0.1, 0.15) is 0 Å². The molecule has 0 radical (unpaired) electrons. The van der Waals surface area contributed by atoms with Crippen LogP contribution in [0.3, 0.4) is 0 Å². The van der Waals surface area contributed by atoms with Crippen LogP contribution >= 0.6 is 0 Å². The van der Waals surface area contributed by atoms with Gasteiger partial charge < -0.3 is 5.11 Å². The zero-order valence-corrected chi connectivity index (χ0v) is 13.7. The minimum absolute atomic E-state index is 0.0345. The fourth-order valence-electron chi connectivity index (χ4n) is 2.24. The molecule has 3 nitrogen and oxygen atoms in total. The first kappa shape index (κ1) is 17.2. The van der Waals surface area contributed by atoms with Crippen molar-refractivity contribution in [2.24, 2.45) is 0 Å². The summed E-state index contributed by atoms with van der Waals surface area (Å²) in [6, 6.07) is 9.70. The Morgan fingerprint density at radius 3 is 2.05 bits per heavy atom. The third-order valence-corrected chi connectivity index (χ3v) is 6.76. The summed E-state index contributed by atoms with van der Waals surface area (Å²) in [7, 11) is -3.17. The molecule has 1 N–H and O–H groups in total. The van der Waals surface area contributed by atoms with Gasteiger partial charge in [0.15, 0.2) is 9.84 Å². The number of aliphatic hydroxyl groups excluding tert-OH is 1. The molecule has 1 aromatic carbocycles. The minimum atomic E-state index is -3.17. The van der Waals surface area contributed by atoms with Gasteiger partial charge in [0, 0.05) is 5.41 Å². The molecule has 0 saturated heterocycles. The van der Waals surface area contributed by atoms with Gasteiger partial charge in [-0.3, -0.25) is 0 Å². The van der Waals surface area contributed by atoms with E-state index in [9.17, 15) is 13.5 Å². The lowest BCUT2D eigenvalue weighted by molar-refractivity contribution is 0.183. The average molecular weight is 298 g/mol. The van der Waals surface area contributed by atoms with E-state index in [-0.39, 0.29) is 12.4 Å². The summed E-state index contributed by atoms with van der Waals surface area (Å²) in [5.41, 5.74) is 0.536. The number of aliphatic hydroxyl groups is 1. The molecular weight excluding hydrogens is 272 g/mol. The molecule has 20 heavy (non-hydrogen) atoms. The normalized spacial score (nSPS) is 15.8. The van der Waals surface area contributed by atoms with Crippen molar-refractivity contribution in [3.63, 3.8) is 0 Å². The van der Waals surface area contributed by atoms with Gasteiger partial charge in [0.05, 0.1) is 17.1 Å². The van der Waals surface area contributed by atoms with Crippen LogP contribution in [0.1, 0.15) is 46.1 Å². The van der Waals surface area contributed by atoms with Crippen LogP contribution in [-0.4, -0.2) is 30.6 Å². The summed E-state index contributed by atoms with van der Waals surface area (Å²) in [6.45, 7) is 7.12. The van der Waals surface area contributed by atoms with Crippen LogP contribution in [0.5, 0.6) is 0 Å². The fourth-order valence-corrected chi connectivity index (χ4v) is 3.51. The first-order valence-electron chi connectivity index (χ1n) is 7.07. The SMILES string of the molecule is CCC(CO)(CCS(=O)(=O)C(C)(C)C)c1ccccc1. The lowest BCUT2D eigenvalue weighted by atomic mass is 9.76. The van der Waals surface area contributed by atoms with E-state index >= 15 is 0 Å². The van der Waals surface area contributed by atoms with Gasteiger partial charge >= 0.3 is 0 Å². The van der Waals surface area contributed by atoms with Crippen molar-refractivity contribution >= 4 is 9.84 Å². The van der Waals surface area contributed by atoms with Crippen molar-refractivity contribution < 1.29 is 13.5 Å². The molecule has 4 heteroatoms. The van der Waals surface area contributed by atoms with Gasteiger partial charge in [0.2, 0.25) is 0 Å². The Morgan fingerprint density at radius 2 is 1.65 bits per heavy atom. The van der Waals surface area contributed by atoms with Crippen molar-refractivity contribution in [3.8, 4) is 0 Å². The van der Waals surface area contributed by atoms with Crippen molar-refractivity contribution in [1.82, 2.24) is 0 Å². The number of sulfone groups is 1. The molecule has 0 fully saturated rings. The van der Waals surface area contributed by atoms with Crippen molar-refractivity contribution in [1.29, 1.82) is 0 Å². The van der Waals surface area contributed by atoms with Crippen molar-refractivity contribution in [3.05, 3.63) is 35.9 Å². The molecule has 1 rings (SSSR count). The Kier molecular flexibility index (Phi) is 5.39. The van der Waals surface area contributed by atoms with Gasteiger partial charge in [-0.25, -0.2) is 8.42 Å². The Bertz CT molecular complexity index is 508. The highest BCUT2D eigenvalue weighted by Gasteiger charge is 2.35. The second-order valence-corrected chi connectivity index (χ2v) is 9.20. The second-order valence-electron chi connectivity index (χ2n) is 6.34. The van der Waals surface area contributed by atoms with Crippen molar-refractivity contribution in [2.45, 2.75) is 50.7 Å². The third kappa shape index (κ3) is 3.61. The first-order chi connectivity index (χ1) is 9.18. The van der Waals surface area contributed by atoms with Crippen molar-refractivity contribution in [2.75, 3.05) is 12.4 Å².